The molecule has 148 valence electrons. The van der Waals surface area contributed by atoms with E-state index >= 15 is 0 Å². The molecule has 0 spiro atoms. The summed E-state index contributed by atoms with van der Waals surface area (Å²) in [5.41, 5.74) is 0. The van der Waals surface area contributed by atoms with E-state index < -0.39 is 7.67 Å². The molecule has 25 heavy (non-hydrogen) atoms. The highest BCUT2D eigenvalue weighted by molar-refractivity contribution is 7.55. The molecule has 0 atom stereocenters. The lowest BCUT2D eigenvalue weighted by Gasteiger charge is -2.28. The third-order valence-electron chi connectivity index (χ3n) is 3.18. The van der Waals surface area contributed by atoms with Crippen molar-refractivity contribution in [3.8, 4) is 5.75 Å². The van der Waals surface area contributed by atoms with Gasteiger partial charge in [-0.1, -0.05) is 18.2 Å². The van der Waals surface area contributed by atoms with Crippen molar-refractivity contribution in [2.75, 3.05) is 68.5 Å². The second kappa shape index (κ2) is 11.7. The summed E-state index contributed by atoms with van der Waals surface area (Å²) in [5, 5.41) is 6.17. The van der Waals surface area contributed by atoms with Crippen molar-refractivity contribution >= 4 is 7.67 Å². The fraction of sp³-hybridized carbons (Fsp3) is 0.625. The van der Waals surface area contributed by atoms with Crippen LogP contribution in [0.1, 0.15) is 0 Å². The molecule has 1 aromatic carbocycles. The lowest BCUT2D eigenvalue weighted by molar-refractivity contribution is -0.869. The standard InChI is InChI=1S/C16H33N4O2P.2BrH/c1-19(2,3)14-12-17-23(21,18-13-15-20(4,5)6)22-16-10-8-7-9-11-16;;/h7-11H,12-15H2,1-6H3,(H2,17,18,21);2*1H/q+2;;/p-2. The Morgan fingerprint density at radius 1 is 0.840 bits per heavy atom. The van der Waals surface area contributed by atoms with Crippen LogP contribution in [0.3, 0.4) is 0 Å². The first-order valence-corrected chi connectivity index (χ1v) is 9.57. The zero-order valence-electron chi connectivity index (χ0n) is 16.1. The quantitative estimate of drug-likeness (QED) is 0.251. The monoisotopic (exact) mass is 502 g/mol. The molecule has 0 aliphatic rings. The number of nitrogens with zero attached hydrogens (tertiary/aromatic N) is 2. The molecule has 0 saturated heterocycles. The van der Waals surface area contributed by atoms with Gasteiger partial charge in [0.25, 0.3) is 0 Å². The Kier molecular flexibility index (Phi) is 12.8. The largest absolute Gasteiger partial charge is 1.00 e. The molecule has 2 N–H and O–H groups in total. The van der Waals surface area contributed by atoms with Gasteiger partial charge in [-0.25, -0.2) is 14.7 Å². The number of hydrogen-bond donors (Lipinski definition) is 2. The van der Waals surface area contributed by atoms with E-state index in [1.165, 1.54) is 0 Å². The van der Waals surface area contributed by atoms with Crippen LogP contribution in [0.25, 0.3) is 0 Å². The van der Waals surface area contributed by atoms with E-state index in [0.29, 0.717) is 18.8 Å². The second-order valence-corrected chi connectivity index (χ2v) is 9.72. The SMILES string of the molecule is C[N+](C)(C)CCNP(=O)(NCC[N+](C)(C)C)Oc1ccccc1.[Br-].[Br-]. The molecule has 0 aliphatic carbocycles. The van der Waals surface area contributed by atoms with Gasteiger partial charge in [-0.15, -0.1) is 0 Å². The maximum Gasteiger partial charge on any atom is 0.390 e. The van der Waals surface area contributed by atoms with Gasteiger partial charge in [0.15, 0.2) is 0 Å². The molecule has 1 rings (SSSR count). The van der Waals surface area contributed by atoms with Crippen molar-refractivity contribution in [2.24, 2.45) is 0 Å². The fourth-order valence-corrected chi connectivity index (χ4v) is 3.26. The Morgan fingerprint density at radius 3 is 1.60 bits per heavy atom. The zero-order valence-corrected chi connectivity index (χ0v) is 20.2. The lowest BCUT2D eigenvalue weighted by Crippen LogP contribution is -3.00. The molecule has 0 aliphatic heterocycles. The van der Waals surface area contributed by atoms with Crippen molar-refractivity contribution in [3.05, 3.63) is 30.3 Å². The summed E-state index contributed by atoms with van der Waals surface area (Å²) in [4.78, 5) is 0. The van der Waals surface area contributed by atoms with Crippen molar-refractivity contribution < 1.29 is 52.0 Å². The molecule has 9 heteroatoms. The second-order valence-electron chi connectivity index (χ2n) is 7.80. The van der Waals surface area contributed by atoms with Crippen LogP contribution in [0.5, 0.6) is 5.75 Å². The molecule has 0 radical (unpaired) electrons. The summed E-state index contributed by atoms with van der Waals surface area (Å²) >= 11 is 0. The molecule has 0 bridgehead atoms. The Bertz CT molecular complexity index is 495. The highest BCUT2D eigenvalue weighted by Gasteiger charge is 2.25. The molecular formula is C16H33Br2N4O2P. The molecule has 0 fully saturated rings. The first kappa shape index (κ1) is 27.3. The highest BCUT2D eigenvalue weighted by Crippen LogP contribution is 2.38. The average Bonchev–Trinajstić information content (AvgIpc) is 2.36. The normalized spacial score (nSPS) is 12.1. The lowest BCUT2D eigenvalue weighted by atomic mass is 10.3. The van der Waals surface area contributed by atoms with Gasteiger partial charge < -0.3 is 47.5 Å². The van der Waals surface area contributed by atoms with Crippen molar-refractivity contribution in [3.63, 3.8) is 0 Å². The van der Waals surface area contributed by atoms with Crippen LogP contribution < -0.4 is 48.7 Å². The van der Waals surface area contributed by atoms with Gasteiger partial charge in [-0.2, -0.15) is 0 Å². The molecule has 0 unspecified atom stereocenters. The molecule has 0 amide bonds. The number of benzene rings is 1. The number of hydrogen-bond acceptors (Lipinski definition) is 2. The van der Waals surface area contributed by atoms with Crippen LogP contribution in [-0.2, 0) is 4.57 Å². The number of para-hydroxylation sites is 1. The van der Waals surface area contributed by atoms with E-state index in [1.54, 1.807) is 0 Å². The first-order valence-electron chi connectivity index (χ1n) is 7.95. The van der Waals surface area contributed by atoms with Gasteiger partial charge in [0.1, 0.15) is 5.75 Å². The van der Waals surface area contributed by atoms with Crippen LogP contribution >= 0.6 is 7.67 Å². The summed E-state index contributed by atoms with van der Waals surface area (Å²) in [7, 11) is 9.50. The van der Waals surface area contributed by atoms with Crippen molar-refractivity contribution in [1.82, 2.24) is 10.2 Å². The minimum Gasteiger partial charge on any atom is -1.00 e. The average molecular weight is 504 g/mol. The first-order chi connectivity index (χ1) is 10.5. The van der Waals surface area contributed by atoms with Crippen LogP contribution in [0.2, 0.25) is 0 Å². The number of quaternary nitrogens is 2. The summed E-state index contributed by atoms with van der Waals surface area (Å²) in [5.74, 6) is 0.603. The summed E-state index contributed by atoms with van der Waals surface area (Å²) in [6.45, 7) is 2.95. The molecule has 0 saturated carbocycles. The van der Waals surface area contributed by atoms with Gasteiger partial charge in [-0.3, -0.25) is 0 Å². The summed E-state index contributed by atoms with van der Waals surface area (Å²) < 4.78 is 20.5. The molecular weight excluding hydrogens is 471 g/mol. The van der Waals surface area contributed by atoms with Gasteiger partial charge >= 0.3 is 7.67 Å². The zero-order chi connectivity index (χ0) is 17.6. The van der Waals surface area contributed by atoms with E-state index in [2.05, 4.69) is 52.5 Å². The van der Waals surface area contributed by atoms with Gasteiger partial charge in [0.05, 0.1) is 68.5 Å². The number of likely N-dealkylation sites (N-methyl/N-ethyl adjacent to an activating group) is 2. The molecule has 0 aromatic heterocycles. The Hall–Kier alpha value is 0.0500. The predicted octanol–water partition coefficient (Wildman–Crippen LogP) is -4.23. The van der Waals surface area contributed by atoms with E-state index in [1.807, 2.05) is 30.3 Å². The van der Waals surface area contributed by atoms with Crippen LogP contribution in [0.4, 0.5) is 0 Å². The molecule has 6 nitrogen and oxygen atoms in total. The van der Waals surface area contributed by atoms with Crippen LogP contribution in [0.15, 0.2) is 30.3 Å². The topological polar surface area (TPSA) is 50.4 Å². The van der Waals surface area contributed by atoms with Crippen LogP contribution in [-0.4, -0.2) is 77.4 Å². The third kappa shape index (κ3) is 13.9. The summed E-state index contributed by atoms with van der Waals surface area (Å²) in [6.07, 6.45) is 0. The Balaban J connectivity index is 0. The molecule has 1 aromatic rings. The minimum absolute atomic E-state index is 0. The Labute approximate surface area is 174 Å². The Morgan fingerprint density at radius 2 is 1.24 bits per heavy atom. The predicted molar refractivity (Wildman–Crippen MR) is 96.5 cm³/mol. The number of nitrogens with one attached hydrogen (secondary N) is 2. The minimum atomic E-state index is -3.13. The van der Waals surface area contributed by atoms with Gasteiger partial charge in [0, 0.05) is 0 Å². The number of halogens is 2. The maximum atomic E-state index is 13.1. The maximum absolute atomic E-state index is 13.1. The summed E-state index contributed by atoms with van der Waals surface area (Å²) in [6, 6.07) is 9.29. The van der Waals surface area contributed by atoms with Crippen molar-refractivity contribution in [1.29, 1.82) is 0 Å². The molecule has 0 heterocycles. The number of rotatable bonds is 10. The van der Waals surface area contributed by atoms with E-state index in [9.17, 15) is 4.57 Å². The fourth-order valence-electron chi connectivity index (χ4n) is 1.82. The van der Waals surface area contributed by atoms with Crippen LogP contribution in [0, 0.1) is 0 Å². The van der Waals surface area contributed by atoms with E-state index in [4.69, 9.17) is 4.52 Å². The highest BCUT2D eigenvalue weighted by atomic mass is 79.9. The van der Waals surface area contributed by atoms with E-state index in [-0.39, 0.29) is 34.0 Å². The third-order valence-corrected chi connectivity index (χ3v) is 4.93. The van der Waals surface area contributed by atoms with E-state index in [0.717, 1.165) is 22.1 Å². The van der Waals surface area contributed by atoms with Crippen molar-refractivity contribution in [2.45, 2.75) is 0 Å². The smallest absolute Gasteiger partial charge is 0.390 e. The van der Waals surface area contributed by atoms with Gasteiger partial charge in [-0.05, 0) is 12.1 Å². The van der Waals surface area contributed by atoms with Gasteiger partial charge in [0.2, 0.25) is 0 Å².